The first kappa shape index (κ1) is 14.3. The Kier molecular flexibility index (Phi) is 4.89. The number of rotatable bonds is 6. The topological polar surface area (TPSA) is 73.3 Å². The molecule has 2 rings (SSSR count). The van der Waals surface area contributed by atoms with E-state index >= 15 is 0 Å². The molecule has 106 valence electrons. The lowest BCUT2D eigenvalue weighted by atomic mass is 10.1. The van der Waals surface area contributed by atoms with Crippen molar-refractivity contribution in [2.45, 2.75) is 12.5 Å². The molecule has 1 atom stereocenters. The molecule has 20 heavy (non-hydrogen) atoms. The lowest BCUT2D eigenvalue weighted by Gasteiger charge is -2.15. The first-order valence-electron chi connectivity index (χ1n) is 5.99. The number of aromatic nitrogens is 2. The molecule has 0 radical (unpaired) electrons. The second-order valence-corrected chi connectivity index (χ2v) is 4.75. The van der Waals surface area contributed by atoms with E-state index in [-0.39, 0.29) is 12.0 Å². The van der Waals surface area contributed by atoms with Crippen molar-refractivity contribution in [2.75, 3.05) is 19.5 Å². The number of hydrogen-bond donors (Lipinski definition) is 1. The standard InChI is InChI=1S/C13H15N3O3S/c1-18-11(17)10(8-9-6-4-3-5-7-9)14-13-15-12(19-2)16-20-13/h3-7,10H,8H2,1-2H3,(H,14,15,16)/t10-/m0/s1. The fraction of sp³-hybridized carbons (Fsp3) is 0.308. The molecule has 0 bridgehead atoms. The molecule has 0 saturated carbocycles. The molecule has 1 aromatic heterocycles. The monoisotopic (exact) mass is 293 g/mol. The lowest BCUT2D eigenvalue weighted by molar-refractivity contribution is -0.141. The van der Waals surface area contributed by atoms with Crippen LogP contribution in [-0.2, 0) is 16.0 Å². The summed E-state index contributed by atoms with van der Waals surface area (Å²) in [5, 5.41) is 3.54. The van der Waals surface area contributed by atoms with Crippen molar-refractivity contribution in [3.63, 3.8) is 0 Å². The summed E-state index contributed by atoms with van der Waals surface area (Å²) in [6.07, 6.45) is 0.509. The zero-order chi connectivity index (χ0) is 14.4. The Labute approximate surface area is 120 Å². The van der Waals surface area contributed by atoms with E-state index in [1.165, 1.54) is 14.2 Å². The summed E-state index contributed by atoms with van der Waals surface area (Å²) < 4.78 is 13.7. The third kappa shape index (κ3) is 3.67. The maximum Gasteiger partial charge on any atom is 0.329 e. The fourth-order valence-electron chi connectivity index (χ4n) is 1.69. The summed E-state index contributed by atoms with van der Waals surface area (Å²) in [5.74, 6) is -0.344. The molecular formula is C13H15N3O3S. The Morgan fingerprint density at radius 1 is 1.35 bits per heavy atom. The van der Waals surface area contributed by atoms with Crippen LogP contribution < -0.4 is 10.1 Å². The minimum absolute atomic E-state index is 0.279. The third-order valence-corrected chi connectivity index (χ3v) is 3.29. The zero-order valence-electron chi connectivity index (χ0n) is 11.2. The summed E-state index contributed by atoms with van der Waals surface area (Å²) in [6, 6.07) is 9.46. The number of anilines is 1. The minimum Gasteiger partial charge on any atom is -0.467 e. The van der Waals surface area contributed by atoms with Gasteiger partial charge in [-0.25, -0.2) is 4.79 Å². The smallest absolute Gasteiger partial charge is 0.329 e. The van der Waals surface area contributed by atoms with Gasteiger partial charge in [0.1, 0.15) is 6.04 Å². The summed E-state index contributed by atoms with van der Waals surface area (Å²) in [4.78, 5) is 15.9. The average molecular weight is 293 g/mol. The van der Waals surface area contributed by atoms with Crippen LogP contribution in [-0.4, -0.2) is 35.6 Å². The highest BCUT2D eigenvalue weighted by Gasteiger charge is 2.21. The van der Waals surface area contributed by atoms with Gasteiger partial charge in [-0.2, -0.15) is 4.98 Å². The highest BCUT2D eigenvalue weighted by atomic mass is 32.1. The van der Waals surface area contributed by atoms with Gasteiger partial charge in [-0.15, -0.1) is 4.37 Å². The van der Waals surface area contributed by atoms with Crippen LogP contribution >= 0.6 is 11.5 Å². The van der Waals surface area contributed by atoms with Crippen molar-refractivity contribution in [1.82, 2.24) is 9.36 Å². The summed E-state index contributed by atoms with van der Waals surface area (Å²) in [7, 11) is 2.86. The summed E-state index contributed by atoms with van der Waals surface area (Å²) in [6.45, 7) is 0. The van der Waals surface area contributed by atoms with Crippen LogP contribution in [0.25, 0.3) is 0 Å². The van der Waals surface area contributed by atoms with Crippen LogP contribution in [0.3, 0.4) is 0 Å². The Hall–Kier alpha value is -2.15. The lowest BCUT2D eigenvalue weighted by Crippen LogP contribution is -2.32. The second-order valence-electron chi connectivity index (χ2n) is 4.00. The Morgan fingerprint density at radius 3 is 2.70 bits per heavy atom. The average Bonchev–Trinajstić information content (AvgIpc) is 2.94. The van der Waals surface area contributed by atoms with Gasteiger partial charge in [0.05, 0.1) is 14.2 Å². The van der Waals surface area contributed by atoms with Crippen molar-refractivity contribution in [2.24, 2.45) is 0 Å². The number of carbonyl (C=O) groups excluding carboxylic acids is 1. The SMILES string of the molecule is COC(=O)[C@H](Cc1ccccc1)Nc1nc(OC)ns1. The number of hydrogen-bond acceptors (Lipinski definition) is 7. The number of nitrogens with zero attached hydrogens (tertiary/aromatic N) is 2. The van der Waals surface area contributed by atoms with E-state index in [0.717, 1.165) is 17.1 Å². The van der Waals surface area contributed by atoms with Crippen LogP contribution in [0.15, 0.2) is 30.3 Å². The molecule has 2 aromatic rings. The van der Waals surface area contributed by atoms with Crippen LogP contribution in [0.5, 0.6) is 6.01 Å². The molecule has 0 unspecified atom stereocenters. The van der Waals surface area contributed by atoms with E-state index in [1.807, 2.05) is 30.3 Å². The van der Waals surface area contributed by atoms with E-state index < -0.39 is 6.04 Å². The number of methoxy groups -OCH3 is 2. The van der Waals surface area contributed by atoms with Crippen LogP contribution in [0.1, 0.15) is 5.56 Å². The molecule has 0 aliphatic carbocycles. The first-order valence-corrected chi connectivity index (χ1v) is 6.76. The maximum absolute atomic E-state index is 11.8. The highest BCUT2D eigenvalue weighted by Crippen LogP contribution is 2.18. The Morgan fingerprint density at radius 2 is 2.10 bits per heavy atom. The molecule has 0 aliphatic heterocycles. The van der Waals surface area contributed by atoms with Crippen molar-refractivity contribution < 1.29 is 14.3 Å². The fourth-order valence-corrected chi connectivity index (χ4v) is 2.28. The van der Waals surface area contributed by atoms with Crippen LogP contribution in [0.4, 0.5) is 5.13 Å². The van der Waals surface area contributed by atoms with Crippen molar-refractivity contribution in [3.05, 3.63) is 35.9 Å². The van der Waals surface area contributed by atoms with Crippen LogP contribution in [0, 0.1) is 0 Å². The van der Waals surface area contributed by atoms with Gasteiger partial charge in [0.15, 0.2) is 0 Å². The number of esters is 1. The number of benzene rings is 1. The van der Waals surface area contributed by atoms with Crippen molar-refractivity contribution in [1.29, 1.82) is 0 Å². The molecular weight excluding hydrogens is 278 g/mol. The molecule has 0 spiro atoms. The van der Waals surface area contributed by atoms with Gasteiger partial charge < -0.3 is 14.8 Å². The quantitative estimate of drug-likeness (QED) is 0.818. The molecule has 0 fully saturated rings. The Balaban J connectivity index is 2.09. The zero-order valence-corrected chi connectivity index (χ0v) is 12.0. The molecule has 0 amide bonds. The first-order chi connectivity index (χ1) is 9.72. The van der Waals surface area contributed by atoms with E-state index in [0.29, 0.717) is 11.6 Å². The molecule has 1 N–H and O–H groups in total. The van der Waals surface area contributed by atoms with Crippen LogP contribution in [0.2, 0.25) is 0 Å². The molecule has 0 saturated heterocycles. The van der Waals surface area contributed by atoms with Gasteiger partial charge in [-0.05, 0) is 5.56 Å². The second kappa shape index (κ2) is 6.85. The molecule has 6 nitrogen and oxygen atoms in total. The van der Waals surface area contributed by atoms with Gasteiger partial charge in [0.25, 0.3) is 0 Å². The highest BCUT2D eigenvalue weighted by molar-refractivity contribution is 7.09. The molecule has 7 heteroatoms. The maximum atomic E-state index is 11.8. The van der Waals surface area contributed by atoms with Gasteiger partial charge in [-0.1, -0.05) is 30.3 Å². The summed E-state index contributed by atoms with van der Waals surface area (Å²) >= 11 is 1.14. The largest absolute Gasteiger partial charge is 0.467 e. The number of carbonyl (C=O) groups is 1. The van der Waals surface area contributed by atoms with E-state index in [1.54, 1.807) is 0 Å². The molecule has 1 heterocycles. The Bertz CT molecular complexity index is 559. The normalized spacial score (nSPS) is 11.7. The van der Waals surface area contributed by atoms with Crippen molar-refractivity contribution in [3.8, 4) is 6.01 Å². The van der Waals surface area contributed by atoms with Gasteiger partial charge in [0.2, 0.25) is 5.13 Å². The minimum atomic E-state index is -0.514. The number of ether oxygens (including phenoxy) is 2. The predicted octanol–water partition coefficient (Wildman–Crippen LogP) is 1.74. The van der Waals surface area contributed by atoms with E-state index in [4.69, 9.17) is 9.47 Å². The predicted molar refractivity (Wildman–Crippen MR) is 76.0 cm³/mol. The van der Waals surface area contributed by atoms with Crippen molar-refractivity contribution >= 4 is 22.6 Å². The molecule has 1 aromatic carbocycles. The summed E-state index contributed by atoms with van der Waals surface area (Å²) in [5.41, 5.74) is 1.03. The molecule has 0 aliphatic rings. The number of nitrogens with one attached hydrogen (secondary N) is 1. The van der Waals surface area contributed by atoms with Gasteiger partial charge >= 0.3 is 12.0 Å². The van der Waals surface area contributed by atoms with Gasteiger partial charge in [-0.3, -0.25) is 0 Å². The van der Waals surface area contributed by atoms with Gasteiger partial charge in [0, 0.05) is 18.0 Å². The van der Waals surface area contributed by atoms with E-state index in [9.17, 15) is 4.79 Å². The van der Waals surface area contributed by atoms with E-state index in [2.05, 4.69) is 14.7 Å². The third-order valence-electron chi connectivity index (χ3n) is 2.66.